The van der Waals surface area contributed by atoms with Crippen LogP contribution >= 0.6 is 0 Å². The highest BCUT2D eigenvalue weighted by Gasteiger charge is 2.25. The summed E-state index contributed by atoms with van der Waals surface area (Å²) in [5, 5.41) is 0. The first-order chi connectivity index (χ1) is 8.35. The Bertz CT molecular complexity index is 349. The van der Waals surface area contributed by atoms with Gasteiger partial charge in [0.2, 0.25) is 0 Å². The summed E-state index contributed by atoms with van der Waals surface area (Å²) in [6, 6.07) is 8.55. The quantitative estimate of drug-likeness (QED) is 0.866. The van der Waals surface area contributed by atoms with Gasteiger partial charge in [-0.1, -0.05) is 25.0 Å². The fourth-order valence-electron chi connectivity index (χ4n) is 3.08. The smallest absolute Gasteiger partial charge is 0.119 e. The molecule has 94 valence electrons. The maximum Gasteiger partial charge on any atom is 0.119 e. The molecule has 0 aromatic heterocycles. The van der Waals surface area contributed by atoms with Crippen LogP contribution in [-0.2, 0) is 0 Å². The Labute approximate surface area is 104 Å². The van der Waals surface area contributed by atoms with Gasteiger partial charge in [-0.3, -0.25) is 0 Å². The summed E-state index contributed by atoms with van der Waals surface area (Å²) < 4.78 is 5.32. The Morgan fingerprint density at radius 3 is 2.88 bits per heavy atom. The number of ether oxygens (including phenoxy) is 1. The Balaban J connectivity index is 2.16. The van der Waals surface area contributed by atoms with Gasteiger partial charge in [-0.25, -0.2) is 0 Å². The van der Waals surface area contributed by atoms with E-state index in [1.807, 2.05) is 6.07 Å². The van der Waals surface area contributed by atoms with E-state index < -0.39 is 0 Å². The molecule has 1 aliphatic carbocycles. The molecule has 1 aliphatic rings. The molecule has 0 bridgehead atoms. The van der Waals surface area contributed by atoms with Crippen LogP contribution in [0.25, 0.3) is 0 Å². The molecule has 0 heterocycles. The summed E-state index contributed by atoms with van der Waals surface area (Å²) in [6.45, 7) is 0.811. The molecule has 2 heteroatoms. The van der Waals surface area contributed by atoms with Gasteiger partial charge in [-0.2, -0.15) is 0 Å². The van der Waals surface area contributed by atoms with Gasteiger partial charge in [0, 0.05) is 0 Å². The third-order valence-electron chi connectivity index (χ3n) is 3.97. The monoisotopic (exact) mass is 233 g/mol. The summed E-state index contributed by atoms with van der Waals surface area (Å²) in [4.78, 5) is 0. The van der Waals surface area contributed by atoms with Crippen molar-refractivity contribution >= 4 is 0 Å². The van der Waals surface area contributed by atoms with Gasteiger partial charge in [-0.05, 0) is 55.3 Å². The van der Waals surface area contributed by atoms with Crippen LogP contribution < -0.4 is 10.5 Å². The van der Waals surface area contributed by atoms with Crippen molar-refractivity contribution in [1.29, 1.82) is 0 Å². The number of benzene rings is 1. The van der Waals surface area contributed by atoms with E-state index in [0.717, 1.165) is 24.6 Å². The molecule has 2 N–H and O–H groups in total. The standard InChI is InChI=1S/C15H23NO/c1-17-14-7-4-6-13(11-14)15-8-3-2-5-12(15)9-10-16/h4,6-7,11-12,15H,2-3,5,8-10,16H2,1H3. The molecule has 0 saturated heterocycles. The molecule has 0 aliphatic heterocycles. The average molecular weight is 233 g/mol. The molecule has 0 spiro atoms. The molecule has 2 nitrogen and oxygen atoms in total. The average Bonchev–Trinajstić information content (AvgIpc) is 2.40. The normalized spacial score (nSPS) is 24.6. The van der Waals surface area contributed by atoms with Crippen LogP contribution in [-0.4, -0.2) is 13.7 Å². The lowest BCUT2D eigenvalue weighted by atomic mass is 9.74. The van der Waals surface area contributed by atoms with E-state index >= 15 is 0 Å². The number of hydrogen-bond acceptors (Lipinski definition) is 2. The maximum absolute atomic E-state index is 5.73. The van der Waals surface area contributed by atoms with Crippen LogP contribution in [0.1, 0.15) is 43.6 Å². The lowest BCUT2D eigenvalue weighted by molar-refractivity contribution is 0.293. The minimum absolute atomic E-state index is 0.683. The highest BCUT2D eigenvalue weighted by molar-refractivity contribution is 5.31. The molecule has 2 rings (SSSR count). The second kappa shape index (κ2) is 6.06. The molecule has 0 amide bonds. The maximum atomic E-state index is 5.73. The van der Waals surface area contributed by atoms with Gasteiger partial charge in [0.05, 0.1) is 7.11 Å². The van der Waals surface area contributed by atoms with E-state index in [9.17, 15) is 0 Å². The molecule has 2 unspecified atom stereocenters. The third kappa shape index (κ3) is 3.01. The van der Waals surface area contributed by atoms with Crippen LogP contribution in [0.2, 0.25) is 0 Å². The van der Waals surface area contributed by atoms with Crippen LogP contribution in [0, 0.1) is 5.92 Å². The number of methoxy groups -OCH3 is 1. The second-order valence-electron chi connectivity index (χ2n) is 5.00. The molecular formula is C15H23NO. The van der Waals surface area contributed by atoms with Crippen molar-refractivity contribution in [2.24, 2.45) is 11.7 Å². The lowest BCUT2D eigenvalue weighted by Crippen LogP contribution is -2.20. The lowest BCUT2D eigenvalue weighted by Gasteiger charge is -2.32. The first kappa shape index (κ1) is 12.4. The van der Waals surface area contributed by atoms with Gasteiger partial charge >= 0.3 is 0 Å². The SMILES string of the molecule is COc1cccc(C2CCCCC2CCN)c1. The zero-order valence-corrected chi connectivity index (χ0v) is 10.7. The van der Waals surface area contributed by atoms with Crippen molar-refractivity contribution in [3.05, 3.63) is 29.8 Å². The zero-order valence-electron chi connectivity index (χ0n) is 10.7. The number of rotatable bonds is 4. The predicted molar refractivity (Wildman–Crippen MR) is 71.4 cm³/mol. The first-order valence-corrected chi connectivity index (χ1v) is 6.69. The summed E-state index contributed by atoms with van der Waals surface area (Å²) in [5.74, 6) is 2.42. The molecule has 17 heavy (non-hydrogen) atoms. The van der Waals surface area contributed by atoms with Crippen LogP contribution in [0.5, 0.6) is 5.75 Å². The Kier molecular flexibility index (Phi) is 4.43. The molecule has 1 aromatic carbocycles. The van der Waals surface area contributed by atoms with Gasteiger partial charge < -0.3 is 10.5 Å². The largest absolute Gasteiger partial charge is 0.497 e. The molecule has 0 radical (unpaired) electrons. The summed E-state index contributed by atoms with van der Waals surface area (Å²) in [5.41, 5.74) is 7.16. The van der Waals surface area contributed by atoms with E-state index in [0.29, 0.717) is 5.92 Å². The minimum atomic E-state index is 0.683. The number of nitrogens with two attached hydrogens (primary N) is 1. The summed E-state index contributed by atoms with van der Waals surface area (Å²) in [6.07, 6.45) is 6.51. The van der Waals surface area contributed by atoms with Crippen molar-refractivity contribution in [2.75, 3.05) is 13.7 Å². The van der Waals surface area contributed by atoms with E-state index in [1.54, 1.807) is 7.11 Å². The van der Waals surface area contributed by atoms with Gasteiger partial charge in [0.15, 0.2) is 0 Å². The van der Waals surface area contributed by atoms with Gasteiger partial charge in [0.1, 0.15) is 5.75 Å². The van der Waals surface area contributed by atoms with Crippen molar-refractivity contribution in [2.45, 2.75) is 38.0 Å². The van der Waals surface area contributed by atoms with Crippen LogP contribution in [0.3, 0.4) is 0 Å². The topological polar surface area (TPSA) is 35.2 Å². The van der Waals surface area contributed by atoms with E-state index in [-0.39, 0.29) is 0 Å². The third-order valence-corrected chi connectivity index (χ3v) is 3.97. The van der Waals surface area contributed by atoms with Crippen LogP contribution in [0.4, 0.5) is 0 Å². The van der Waals surface area contributed by atoms with Crippen molar-refractivity contribution in [3.63, 3.8) is 0 Å². The predicted octanol–water partition coefficient (Wildman–Crippen LogP) is 3.32. The fraction of sp³-hybridized carbons (Fsp3) is 0.600. The van der Waals surface area contributed by atoms with Gasteiger partial charge in [-0.15, -0.1) is 0 Å². The van der Waals surface area contributed by atoms with Crippen molar-refractivity contribution < 1.29 is 4.74 Å². The van der Waals surface area contributed by atoms with E-state index in [1.165, 1.54) is 31.2 Å². The van der Waals surface area contributed by atoms with E-state index in [2.05, 4.69) is 18.2 Å². The number of hydrogen-bond donors (Lipinski definition) is 1. The minimum Gasteiger partial charge on any atom is -0.497 e. The second-order valence-corrected chi connectivity index (χ2v) is 5.00. The first-order valence-electron chi connectivity index (χ1n) is 6.69. The van der Waals surface area contributed by atoms with Crippen LogP contribution in [0.15, 0.2) is 24.3 Å². The van der Waals surface area contributed by atoms with Crippen molar-refractivity contribution in [1.82, 2.24) is 0 Å². The molecule has 1 saturated carbocycles. The highest BCUT2D eigenvalue weighted by atomic mass is 16.5. The Hall–Kier alpha value is -1.02. The van der Waals surface area contributed by atoms with Gasteiger partial charge in [0.25, 0.3) is 0 Å². The Morgan fingerprint density at radius 1 is 1.29 bits per heavy atom. The summed E-state index contributed by atoms with van der Waals surface area (Å²) >= 11 is 0. The molecular weight excluding hydrogens is 210 g/mol. The molecule has 1 fully saturated rings. The molecule has 1 aromatic rings. The highest BCUT2D eigenvalue weighted by Crippen LogP contribution is 2.40. The van der Waals surface area contributed by atoms with E-state index in [4.69, 9.17) is 10.5 Å². The fourth-order valence-corrected chi connectivity index (χ4v) is 3.08. The van der Waals surface area contributed by atoms with Crippen molar-refractivity contribution in [3.8, 4) is 5.75 Å². The molecule has 2 atom stereocenters. The zero-order chi connectivity index (χ0) is 12.1. The Morgan fingerprint density at radius 2 is 2.12 bits per heavy atom. The summed E-state index contributed by atoms with van der Waals surface area (Å²) in [7, 11) is 1.73.